The molecule has 1 atom stereocenters. The van der Waals surface area contributed by atoms with Gasteiger partial charge in [0.2, 0.25) is 0 Å². The van der Waals surface area contributed by atoms with Crippen LogP contribution < -0.4 is 9.05 Å². The van der Waals surface area contributed by atoms with Crippen LogP contribution in [0.2, 0.25) is 0 Å². The number of phosphoric ester groups is 1. The lowest BCUT2D eigenvalue weighted by atomic mass is 9.87. The van der Waals surface area contributed by atoms with Gasteiger partial charge in [0.1, 0.15) is 11.5 Å². The van der Waals surface area contributed by atoms with E-state index in [0.717, 1.165) is 5.56 Å². The maximum Gasteiger partial charge on any atom is 0.584 e. The number of phosphoric acid groups is 1. The van der Waals surface area contributed by atoms with Crippen molar-refractivity contribution in [2.24, 2.45) is 0 Å². The van der Waals surface area contributed by atoms with Gasteiger partial charge >= 0.3 is 7.82 Å². The van der Waals surface area contributed by atoms with Gasteiger partial charge in [0.25, 0.3) is 5.69 Å². The first-order valence-corrected chi connectivity index (χ1v) is 8.63. The van der Waals surface area contributed by atoms with Crippen LogP contribution in [0.25, 0.3) is 0 Å². The van der Waals surface area contributed by atoms with Crippen molar-refractivity contribution >= 4 is 13.5 Å². The molecular weight excluding hydrogens is 333 g/mol. The first kappa shape index (κ1) is 18.0. The first-order chi connectivity index (χ1) is 11.1. The summed E-state index contributed by atoms with van der Waals surface area (Å²) >= 11 is 0. The molecule has 0 spiro atoms. The van der Waals surface area contributed by atoms with E-state index in [4.69, 9.17) is 9.05 Å². The van der Waals surface area contributed by atoms with E-state index in [1.54, 1.807) is 24.3 Å². The Labute approximate surface area is 139 Å². The monoisotopic (exact) mass is 351 g/mol. The summed E-state index contributed by atoms with van der Waals surface area (Å²) in [6.45, 7) is 6.16. The standard InChI is InChI=1S/C16H18NO6P/c1-16(2,3)12-4-8-14(9-5-12)22-24(20,21)23-15-10-6-13(7-11-15)17(18)19/h4-11H,1-3H3,(H,20,21). The Morgan fingerprint density at radius 1 is 0.958 bits per heavy atom. The molecule has 8 heteroatoms. The Bertz CT molecular complexity index is 765. The smallest absolute Gasteiger partial charge is 0.395 e. The number of nitrogens with zero attached hydrogens (tertiary/aromatic N) is 1. The molecule has 0 radical (unpaired) electrons. The largest absolute Gasteiger partial charge is 0.584 e. The highest BCUT2D eigenvalue weighted by molar-refractivity contribution is 7.48. The maximum atomic E-state index is 12.0. The fourth-order valence-corrected chi connectivity index (χ4v) is 2.74. The van der Waals surface area contributed by atoms with Gasteiger partial charge in [0.15, 0.2) is 0 Å². The van der Waals surface area contributed by atoms with Gasteiger partial charge in [-0.2, -0.15) is 0 Å². The fraction of sp³-hybridized carbons (Fsp3) is 0.250. The molecule has 24 heavy (non-hydrogen) atoms. The number of benzene rings is 2. The van der Waals surface area contributed by atoms with Crippen molar-refractivity contribution in [2.75, 3.05) is 0 Å². The average Bonchev–Trinajstić information content (AvgIpc) is 2.46. The molecule has 0 aliphatic heterocycles. The highest BCUT2D eigenvalue weighted by atomic mass is 31.2. The number of rotatable bonds is 5. The molecule has 0 heterocycles. The zero-order valence-electron chi connectivity index (χ0n) is 13.5. The van der Waals surface area contributed by atoms with Gasteiger partial charge in [-0.15, -0.1) is 0 Å². The minimum Gasteiger partial charge on any atom is -0.395 e. The van der Waals surface area contributed by atoms with Gasteiger partial charge in [-0.1, -0.05) is 32.9 Å². The summed E-state index contributed by atoms with van der Waals surface area (Å²) in [5.74, 6) is 0.188. The normalized spacial score (nSPS) is 13.8. The van der Waals surface area contributed by atoms with E-state index in [1.807, 2.05) is 0 Å². The highest BCUT2D eigenvalue weighted by Gasteiger charge is 2.25. The van der Waals surface area contributed by atoms with Gasteiger partial charge in [0.05, 0.1) is 4.92 Å². The number of nitro benzene ring substituents is 1. The second-order valence-electron chi connectivity index (χ2n) is 6.18. The fourth-order valence-electron chi connectivity index (χ4n) is 1.93. The molecule has 1 unspecified atom stereocenters. The molecule has 2 aromatic rings. The Kier molecular flexibility index (Phi) is 4.96. The van der Waals surface area contributed by atoms with Gasteiger partial charge in [-0.25, -0.2) is 4.57 Å². The van der Waals surface area contributed by atoms with Gasteiger partial charge < -0.3 is 9.05 Å². The van der Waals surface area contributed by atoms with Crippen molar-refractivity contribution < 1.29 is 23.4 Å². The van der Waals surface area contributed by atoms with E-state index in [9.17, 15) is 19.6 Å². The van der Waals surface area contributed by atoms with Crippen molar-refractivity contribution in [3.63, 3.8) is 0 Å². The molecule has 0 amide bonds. The van der Waals surface area contributed by atoms with E-state index in [-0.39, 0.29) is 22.6 Å². The summed E-state index contributed by atoms with van der Waals surface area (Å²) in [5, 5.41) is 10.6. The van der Waals surface area contributed by atoms with Crippen LogP contribution >= 0.6 is 7.82 Å². The molecule has 0 saturated carbocycles. The Morgan fingerprint density at radius 2 is 1.38 bits per heavy atom. The summed E-state index contributed by atoms with van der Waals surface area (Å²) < 4.78 is 21.9. The SMILES string of the molecule is CC(C)(C)c1ccc(OP(=O)(O)Oc2ccc([N+](=O)[O-])cc2)cc1. The summed E-state index contributed by atoms with van der Waals surface area (Å²) in [5.41, 5.74) is 0.865. The Balaban J connectivity index is 2.07. The van der Waals surface area contributed by atoms with E-state index in [2.05, 4.69) is 20.8 Å². The molecule has 128 valence electrons. The van der Waals surface area contributed by atoms with Crippen molar-refractivity contribution in [3.05, 3.63) is 64.2 Å². The van der Waals surface area contributed by atoms with Crippen LogP contribution in [-0.2, 0) is 9.98 Å². The Hall–Kier alpha value is -2.37. The third kappa shape index (κ3) is 4.81. The predicted molar refractivity (Wildman–Crippen MR) is 89.3 cm³/mol. The molecule has 1 N–H and O–H groups in total. The third-order valence-electron chi connectivity index (χ3n) is 3.21. The van der Waals surface area contributed by atoms with Crippen LogP contribution in [0.3, 0.4) is 0 Å². The van der Waals surface area contributed by atoms with Crippen LogP contribution in [0.15, 0.2) is 48.5 Å². The number of hydrogen-bond acceptors (Lipinski definition) is 5. The minimum atomic E-state index is -4.40. The summed E-state index contributed by atoms with van der Waals surface area (Å²) in [6, 6.07) is 11.6. The number of hydrogen-bond donors (Lipinski definition) is 1. The van der Waals surface area contributed by atoms with E-state index >= 15 is 0 Å². The average molecular weight is 351 g/mol. The molecule has 0 saturated heterocycles. The summed E-state index contributed by atoms with van der Waals surface area (Å²) in [4.78, 5) is 19.8. The second kappa shape index (κ2) is 6.63. The molecule has 0 fully saturated rings. The number of non-ortho nitro benzene ring substituents is 1. The van der Waals surface area contributed by atoms with Gasteiger partial charge in [-0.05, 0) is 35.2 Å². The predicted octanol–water partition coefficient (Wildman–Crippen LogP) is 4.45. The molecule has 0 bridgehead atoms. The van der Waals surface area contributed by atoms with E-state index in [0.29, 0.717) is 0 Å². The first-order valence-electron chi connectivity index (χ1n) is 7.14. The minimum absolute atomic E-state index is 0.00209. The number of nitro groups is 1. The summed E-state index contributed by atoms with van der Waals surface area (Å²) in [6.07, 6.45) is 0. The Morgan fingerprint density at radius 3 is 1.75 bits per heavy atom. The van der Waals surface area contributed by atoms with Crippen LogP contribution in [-0.4, -0.2) is 9.82 Å². The zero-order valence-corrected chi connectivity index (χ0v) is 14.4. The molecule has 2 aromatic carbocycles. The molecule has 0 aliphatic carbocycles. The lowest BCUT2D eigenvalue weighted by molar-refractivity contribution is -0.384. The van der Waals surface area contributed by atoms with Gasteiger partial charge in [-0.3, -0.25) is 15.0 Å². The molecular formula is C16H18NO6P. The van der Waals surface area contributed by atoms with E-state index < -0.39 is 12.7 Å². The van der Waals surface area contributed by atoms with E-state index in [1.165, 1.54) is 24.3 Å². The van der Waals surface area contributed by atoms with Crippen LogP contribution in [0.1, 0.15) is 26.3 Å². The molecule has 0 aliphatic rings. The molecule has 7 nitrogen and oxygen atoms in total. The van der Waals surface area contributed by atoms with Crippen molar-refractivity contribution in [1.29, 1.82) is 0 Å². The lowest BCUT2D eigenvalue weighted by Crippen LogP contribution is -2.10. The quantitative estimate of drug-likeness (QED) is 0.485. The molecule has 0 aromatic heterocycles. The third-order valence-corrected chi connectivity index (χ3v) is 4.09. The van der Waals surface area contributed by atoms with Gasteiger partial charge in [0, 0.05) is 12.1 Å². The lowest BCUT2D eigenvalue weighted by Gasteiger charge is -2.19. The second-order valence-corrected chi connectivity index (χ2v) is 7.48. The molecule has 2 rings (SSSR count). The highest BCUT2D eigenvalue weighted by Crippen LogP contribution is 2.44. The van der Waals surface area contributed by atoms with Crippen LogP contribution in [0.4, 0.5) is 5.69 Å². The topological polar surface area (TPSA) is 98.9 Å². The summed E-state index contributed by atoms with van der Waals surface area (Å²) in [7, 11) is -4.40. The van der Waals surface area contributed by atoms with Crippen molar-refractivity contribution in [2.45, 2.75) is 26.2 Å². The maximum absolute atomic E-state index is 12.0. The zero-order chi connectivity index (χ0) is 18.0. The van der Waals surface area contributed by atoms with Crippen LogP contribution in [0, 0.1) is 10.1 Å². The van der Waals surface area contributed by atoms with Crippen molar-refractivity contribution in [1.82, 2.24) is 0 Å². The van der Waals surface area contributed by atoms with Crippen molar-refractivity contribution in [3.8, 4) is 11.5 Å². The van der Waals surface area contributed by atoms with Crippen LogP contribution in [0.5, 0.6) is 11.5 Å².